The highest BCUT2D eigenvalue weighted by Crippen LogP contribution is 2.34. The maximum atomic E-state index is 13.1. The Bertz CT molecular complexity index is 1720. The molecule has 13 heteroatoms. The lowest BCUT2D eigenvalue weighted by Gasteiger charge is -2.36. The van der Waals surface area contributed by atoms with Crippen LogP contribution in [0.4, 0.5) is 17.2 Å². The number of piperazine rings is 1. The van der Waals surface area contributed by atoms with Gasteiger partial charge in [-0.2, -0.15) is 0 Å². The first-order chi connectivity index (χ1) is 22.2. The van der Waals surface area contributed by atoms with Crippen LogP contribution in [-0.4, -0.2) is 81.0 Å². The number of para-hydroxylation sites is 1. The SMILES string of the molecule is C=C1CCC(N2Cc3c(NC(=O)CCCC(=O)N4CCN(c5cc(-c6ccccc6O)nnc5N)CC4)cccc3C2=O)C(=O)N1. The summed E-state index contributed by atoms with van der Waals surface area (Å²) in [5.74, 6) is -0.377. The normalized spacial score (nSPS) is 18.0. The van der Waals surface area contributed by atoms with Gasteiger partial charge in [0.05, 0.1) is 11.4 Å². The summed E-state index contributed by atoms with van der Waals surface area (Å²) in [6.07, 6.45) is 1.86. The lowest BCUT2D eigenvalue weighted by atomic mass is 10.0. The van der Waals surface area contributed by atoms with Gasteiger partial charge in [-0.15, -0.1) is 10.2 Å². The number of phenols is 1. The van der Waals surface area contributed by atoms with Crippen molar-refractivity contribution >= 4 is 40.8 Å². The molecule has 46 heavy (non-hydrogen) atoms. The Kier molecular flexibility index (Phi) is 8.55. The number of benzene rings is 2. The van der Waals surface area contributed by atoms with Gasteiger partial charge < -0.3 is 36.2 Å². The van der Waals surface area contributed by atoms with E-state index in [4.69, 9.17) is 5.73 Å². The number of aromatic hydroxyl groups is 1. The number of rotatable bonds is 8. The van der Waals surface area contributed by atoms with E-state index in [9.17, 15) is 24.3 Å². The van der Waals surface area contributed by atoms with Gasteiger partial charge in [-0.25, -0.2) is 0 Å². The standard InChI is InChI=1S/C33H36N8O5/c1-20-12-13-26(32(45)35-20)41-19-23-21(33(41)46)7-4-8-24(23)36-29(43)10-5-11-30(44)40-16-14-39(15-17-40)27-18-25(37-38-31(27)34)22-6-2-3-9-28(22)42/h2-4,6-9,18,26,42H,1,5,10-17,19H2,(H2,34,38)(H,35,45)(H,36,43). The van der Waals surface area contributed by atoms with E-state index < -0.39 is 6.04 Å². The van der Waals surface area contributed by atoms with Gasteiger partial charge in [-0.05, 0) is 49.6 Å². The summed E-state index contributed by atoms with van der Waals surface area (Å²) < 4.78 is 0. The number of phenolic OH excluding ortho intramolecular Hbond substituents is 1. The molecule has 0 saturated carbocycles. The Hall–Kier alpha value is -5.46. The first-order valence-corrected chi connectivity index (χ1v) is 15.3. The second-order valence-corrected chi connectivity index (χ2v) is 11.7. The summed E-state index contributed by atoms with van der Waals surface area (Å²) in [5, 5.41) is 24.1. The molecule has 3 aliphatic heterocycles. The van der Waals surface area contributed by atoms with Gasteiger partial charge in [0.25, 0.3) is 5.91 Å². The molecule has 0 radical (unpaired) electrons. The number of hydrogen-bond acceptors (Lipinski definition) is 9. The van der Waals surface area contributed by atoms with Crippen molar-refractivity contribution in [2.45, 2.75) is 44.7 Å². The zero-order valence-corrected chi connectivity index (χ0v) is 25.4. The van der Waals surface area contributed by atoms with Crippen LogP contribution >= 0.6 is 0 Å². The molecule has 238 valence electrons. The number of carbonyl (C=O) groups excluding carboxylic acids is 4. The van der Waals surface area contributed by atoms with Gasteiger partial charge in [0.1, 0.15) is 11.8 Å². The van der Waals surface area contributed by atoms with Crippen LogP contribution in [0.25, 0.3) is 11.3 Å². The number of nitrogens with zero attached hydrogens (tertiary/aromatic N) is 5. The average molecular weight is 625 g/mol. The van der Waals surface area contributed by atoms with Gasteiger partial charge >= 0.3 is 0 Å². The fraction of sp³-hybridized carbons (Fsp3) is 0.333. The molecule has 1 atom stereocenters. The van der Waals surface area contributed by atoms with Crippen molar-refractivity contribution in [1.82, 2.24) is 25.3 Å². The molecule has 0 aliphatic carbocycles. The fourth-order valence-corrected chi connectivity index (χ4v) is 6.22. The molecular formula is C33H36N8O5. The van der Waals surface area contributed by atoms with Crippen LogP contribution in [0, 0.1) is 0 Å². The molecule has 0 bridgehead atoms. The minimum atomic E-state index is -0.582. The Labute approximate surface area is 266 Å². The fourth-order valence-electron chi connectivity index (χ4n) is 6.22. The van der Waals surface area contributed by atoms with Crippen molar-refractivity contribution in [2.75, 3.05) is 42.1 Å². The smallest absolute Gasteiger partial charge is 0.255 e. The molecule has 1 unspecified atom stereocenters. The molecule has 3 aliphatic rings. The Morgan fingerprint density at radius 1 is 1.02 bits per heavy atom. The highest BCUT2D eigenvalue weighted by Gasteiger charge is 2.39. The lowest BCUT2D eigenvalue weighted by Crippen LogP contribution is -2.49. The number of piperidine rings is 1. The van der Waals surface area contributed by atoms with Crippen LogP contribution in [0.1, 0.15) is 48.0 Å². The van der Waals surface area contributed by atoms with E-state index in [1.165, 1.54) is 0 Å². The zero-order chi connectivity index (χ0) is 32.4. The topological polar surface area (TPSA) is 174 Å². The minimum absolute atomic E-state index is 0.0292. The van der Waals surface area contributed by atoms with Crippen molar-refractivity contribution < 1.29 is 24.3 Å². The van der Waals surface area contributed by atoms with Gasteiger partial charge in [0.2, 0.25) is 17.7 Å². The third kappa shape index (κ3) is 6.21. The Morgan fingerprint density at radius 2 is 1.78 bits per heavy atom. The van der Waals surface area contributed by atoms with Crippen molar-refractivity contribution in [3.8, 4) is 17.0 Å². The second-order valence-electron chi connectivity index (χ2n) is 11.7. The van der Waals surface area contributed by atoms with E-state index in [2.05, 4.69) is 27.4 Å². The molecule has 2 fully saturated rings. The summed E-state index contributed by atoms with van der Waals surface area (Å²) in [5.41, 5.74) is 10.2. The van der Waals surface area contributed by atoms with E-state index in [-0.39, 0.29) is 54.6 Å². The quantitative estimate of drug-likeness (QED) is 0.294. The summed E-state index contributed by atoms with van der Waals surface area (Å²) in [6, 6.07) is 13.3. The summed E-state index contributed by atoms with van der Waals surface area (Å²) >= 11 is 0. The molecule has 5 N–H and O–H groups in total. The Morgan fingerprint density at radius 3 is 2.54 bits per heavy atom. The summed E-state index contributed by atoms with van der Waals surface area (Å²) in [7, 11) is 0. The molecule has 1 aromatic heterocycles. The number of nitrogens with two attached hydrogens (primary N) is 1. The molecule has 2 saturated heterocycles. The number of aromatic nitrogens is 2. The van der Waals surface area contributed by atoms with Crippen LogP contribution < -0.4 is 21.3 Å². The predicted molar refractivity (Wildman–Crippen MR) is 171 cm³/mol. The number of anilines is 3. The largest absolute Gasteiger partial charge is 0.507 e. The summed E-state index contributed by atoms with van der Waals surface area (Å²) in [4.78, 5) is 56.8. The third-order valence-electron chi connectivity index (χ3n) is 8.72. The first kappa shape index (κ1) is 30.6. The number of hydrogen-bond donors (Lipinski definition) is 4. The first-order valence-electron chi connectivity index (χ1n) is 15.3. The molecule has 4 heterocycles. The molecule has 6 rings (SSSR count). The number of allylic oxidation sites excluding steroid dienone is 1. The van der Waals surface area contributed by atoms with E-state index in [1.807, 2.05) is 11.0 Å². The maximum Gasteiger partial charge on any atom is 0.255 e. The van der Waals surface area contributed by atoms with Crippen LogP contribution in [0.5, 0.6) is 5.75 Å². The van der Waals surface area contributed by atoms with Gasteiger partial charge in [-0.3, -0.25) is 19.2 Å². The van der Waals surface area contributed by atoms with Crippen molar-refractivity contribution in [3.05, 3.63) is 71.9 Å². The van der Waals surface area contributed by atoms with Crippen LogP contribution in [0.2, 0.25) is 0 Å². The van der Waals surface area contributed by atoms with Crippen LogP contribution in [0.15, 0.2) is 60.8 Å². The predicted octanol–water partition coefficient (Wildman–Crippen LogP) is 2.64. The zero-order valence-electron chi connectivity index (χ0n) is 25.4. The highest BCUT2D eigenvalue weighted by atomic mass is 16.3. The number of carbonyl (C=O) groups is 4. The lowest BCUT2D eigenvalue weighted by molar-refractivity contribution is -0.131. The van der Waals surface area contributed by atoms with Gasteiger partial charge in [0, 0.05) is 73.6 Å². The number of nitrogens with one attached hydrogen (secondary N) is 2. The van der Waals surface area contributed by atoms with Crippen molar-refractivity contribution in [2.24, 2.45) is 0 Å². The van der Waals surface area contributed by atoms with E-state index >= 15 is 0 Å². The minimum Gasteiger partial charge on any atom is -0.507 e. The molecule has 2 aromatic carbocycles. The maximum absolute atomic E-state index is 13.1. The molecular weight excluding hydrogens is 588 g/mol. The third-order valence-corrected chi connectivity index (χ3v) is 8.72. The van der Waals surface area contributed by atoms with Crippen LogP contribution in [-0.2, 0) is 20.9 Å². The van der Waals surface area contributed by atoms with E-state index in [1.54, 1.807) is 52.3 Å². The van der Waals surface area contributed by atoms with Gasteiger partial charge in [0.15, 0.2) is 5.82 Å². The summed E-state index contributed by atoms with van der Waals surface area (Å²) in [6.45, 7) is 6.12. The second kappa shape index (κ2) is 12.9. The van der Waals surface area contributed by atoms with Crippen molar-refractivity contribution in [1.29, 1.82) is 0 Å². The molecule has 0 spiro atoms. The van der Waals surface area contributed by atoms with E-state index in [0.29, 0.717) is 84.9 Å². The van der Waals surface area contributed by atoms with Gasteiger partial charge in [-0.1, -0.05) is 24.8 Å². The van der Waals surface area contributed by atoms with Crippen molar-refractivity contribution in [3.63, 3.8) is 0 Å². The number of fused-ring (bicyclic) bond motifs is 1. The van der Waals surface area contributed by atoms with Crippen LogP contribution in [0.3, 0.4) is 0 Å². The Balaban J connectivity index is 0.986. The molecule has 13 nitrogen and oxygen atoms in total. The monoisotopic (exact) mass is 624 g/mol. The number of amides is 4. The molecule has 4 amide bonds. The van der Waals surface area contributed by atoms with E-state index in [0.717, 1.165) is 0 Å². The average Bonchev–Trinajstić information content (AvgIpc) is 3.38. The highest BCUT2D eigenvalue weighted by molar-refractivity contribution is 6.04. The number of nitrogen functional groups attached to an aromatic ring is 1. The molecule has 3 aromatic rings.